The summed E-state index contributed by atoms with van der Waals surface area (Å²) in [5, 5.41) is 4.95. The number of halogens is 1. The van der Waals surface area contributed by atoms with Crippen molar-refractivity contribution in [3.8, 4) is 5.75 Å². The van der Waals surface area contributed by atoms with Crippen molar-refractivity contribution in [2.45, 2.75) is 19.4 Å². The third-order valence-corrected chi connectivity index (χ3v) is 4.37. The van der Waals surface area contributed by atoms with Crippen LogP contribution in [0.3, 0.4) is 0 Å². The van der Waals surface area contributed by atoms with Gasteiger partial charge in [0.1, 0.15) is 0 Å². The molecule has 1 aromatic rings. The number of nitrogens with zero attached hydrogens (tertiary/aromatic N) is 1. The van der Waals surface area contributed by atoms with E-state index in [4.69, 9.17) is 9.88 Å². The van der Waals surface area contributed by atoms with Gasteiger partial charge in [-0.25, -0.2) is 14.3 Å². The molecule has 1 fully saturated rings. The summed E-state index contributed by atoms with van der Waals surface area (Å²) in [6.07, 6.45) is 1.94. The second-order valence-corrected chi connectivity index (χ2v) is 6.98. The Morgan fingerprint density at radius 1 is 1.50 bits per heavy atom. The molecule has 0 saturated carbocycles. The normalized spacial score (nSPS) is 20.0. The van der Waals surface area contributed by atoms with Crippen molar-refractivity contribution in [1.29, 1.82) is 0 Å². The first-order valence-corrected chi connectivity index (χ1v) is 8.74. The van der Waals surface area contributed by atoms with E-state index in [1.807, 2.05) is 6.07 Å². The number of nitrogens with two attached hydrogens (primary N) is 1. The zero-order chi connectivity index (χ0) is 16.2. The number of ether oxygens (including phenoxy) is 1. The number of hydrogen-bond donors (Lipinski definition) is 2. The average molecular weight is 331 g/mol. The summed E-state index contributed by atoms with van der Waals surface area (Å²) < 4.78 is 42.8. The Morgan fingerprint density at radius 3 is 2.91 bits per heavy atom. The van der Waals surface area contributed by atoms with Crippen LogP contribution in [0.5, 0.6) is 5.75 Å². The highest BCUT2D eigenvalue weighted by molar-refractivity contribution is 7.87. The van der Waals surface area contributed by atoms with Gasteiger partial charge in [0.15, 0.2) is 11.6 Å². The molecule has 3 N–H and O–H groups in total. The van der Waals surface area contributed by atoms with Gasteiger partial charge >= 0.3 is 0 Å². The lowest BCUT2D eigenvalue weighted by Gasteiger charge is -2.32. The van der Waals surface area contributed by atoms with Gasteiger partial charge in [-0.15, -0.1) is 0 Å². The molecule has 1 aliphatic heterocycles. The number of likely N-dealkylation sites (tertiary alicyclic amines) is 1. The van der Waals surface area contributed by atoms with Crippen molar-refractivity contribution in [1.82, 2.24) is 9.62 Å². The maximum atomic E-state index is 13.7. The van der Waals surface area contributed by atoms with Crippen LogP contribution in [0.25, 0.3) is 0 Å². The fraction of sp³-hybridized carbons (Fsp3) is 0.571. The molecule has 1 aromatic carbocycles. The molecule has 0 aliphatic carbocycles. The summed E-state index contributed by atoms with van der Waals surface area (Å²) in [7, 11) is -2.21. The molecule has 1 atom stereocenters. The first-order valence-electron chi connectivity index (χ1n) is 7.19. The molecule has 0 bridgehead atoms. The smallest absolute Gasteiger partial charge is 0.274 e. The van der Waals surface area contributed by atoms with Crippen LogP contribution in [0.4, 0.5) is 4.39 Å². The first kappa shape index (κ1) is 17.1. The zero-order valence-corrected chi connectivity index (χ0v) is 13.4. The monoisotopic (exact) mass is 331 g/mol. The Labute approximate surface area is 130 Å². The highest BCUT2D eigenvalue weighted by Crippen LogP contribution is 2.21. The number of rotatable bonds is 6. The quantitative estimate of drug-likeness (QED) is 0.809. The SMILES string of the molecule is COc1ccc(CN2CCC[C@H](CNS(N)(=O)=O)C2)cc1F. The summed E-state index contributed by atoms with van der Waals surface area (Å²) >= 11 is 0. The fourth-order valence-corrected chi connectivity index (χ4v) is 3.23. The van der Waals surface area contributed by atoms with Crippen LogP contribution >= 0.6 is 0 Å². The number of methoxy groups -OCH3 is 1. The highest BCUT2D eigenvalue weighted by Gasteiger charge is 2.21. The van der Waals surface area contributed by atoms with Crippen molar-refractivity contribution >= 4 is 10.2 Å². The molecule has 1 aliphatic rings. The molecule has 8 heteroatoms. The maximum Gasteiger partial charge on any atom is 0.274 e. The summed E-state index contributed by atoms with van der Waals surface area (Å²) in [5.41, 5.74) is 0.873. The molecular formula is C14H22FN3O3S. The standard InChI is InChI=1S/C14H22FN3O3S/c1-21-14-5-4-11(7-13(14)15)9-18-6-2-3-12(10-18)8-17-22(16,19)20/h4-5,7,12,17H,2-3,6,8-10H2,1H3,(H2,16,19,20)/t12-/m1/s1. The van der Waals surface area contributed by atoms with E-state index in [-0.39, 0.29) is 17.5 Å². The third kappa shape index (κ3) is 5.20. The van der Waals surface area contributed by atoms with Gasteiger partial charge in [-0.05, 0) is 43.0 Å². The van der Waals surface area contributed by atoms with E-state index in [0.29, 0.717) is 13.1 Å². The van der Waals surface area contributed by atoms with Gasteiger partial charge in [0.05, 0.1) is 7.11 Å². The van der Waals surface area contributed by atoms with Crippen LogP contribution in [0, 0.1) is 11.7 Å². The molecule has 0 spiro atoms. The highest BCUT2D eigenvalue weighted by atomic mass is 32.2. The van der Waals surface area contributed by atoms with E-state index in [1.54, 1.807) is 6.07 Å². The van der Waals surface area contributed by atoms with Crippen LogP contribution in [0.1, 0.15) is 18.4 Å². The minimum Gasteiger partial charge on any atom is -0.494 e. The Balaban J connectivity index is 1.91. The van der Waals surface area contributed by atoms with Gasteiger partial charge in [0.2, 0.25) is 0 Å². The summed E-state index contributed by atoms with van der Waals surface area (Å²) in [6, 6.07) is 4.94. The van der Waals surface area contributed by atoms with Crippen molar-refractivity contribution in [3.05, 3.63) is 29.6 Å². The van der Waals surface area contributed by atoms with Crippen LogP contribution in [-0.2, 0) is 16.8 Å². The molecule has 0 radical (unpaired) electrons. The number of nitrogens with one attached hydrogen (secondary N) is 1. The van der Waals surface area contributed by atoms with Gasteiger partial charge in [-0.1, -0.05) is 6.07 Å². The Kier molecular flexibility index (Phi) is 5.74. The zero-order valence-electron chi connectivity index (χ0n) is 12.6. The van der Waals surface area contributed by atoms with E-state index in [0.717, 1.165) is 31.5 Å². The molecule has 0 aromatic heterocycles. The van der Waals surface area contributed by atoms with E-state index in [9.17, 15) is 12.8 Å². The molecule has 22 heavy (non-hydrogen) atoms. The van der Waals surface area contributed by atoms with Crippen LogP contribution in [0.15, 0.2) is 18.2 Å². The largest absolute Gasteiger partial charge is 0.494 e. The van der Waals surface area contributed by atoms with Gasteiger partial charge < -0.3 is 4.74 Å². The molecule has 0 unspecified atom stereocenters. The number of hydrogen-bond acceptors (Lipinski definition) is 4. The van der Waals surface area contributed by atoms with Gasteiger partial charge in [-0.2, -0.15) is 8.42 Å². The summed E-state index contributed by atoms with van der Waals surface area (Å²) in [6.45, 7) is 2.65. The predicted molar refractivity (Wildman–Crippen MR) is 82.1 cm³/mol. The Hall–Kier alpha value is -1.22. The first-order chi connectivity index (χ1) is 10.4. The van der Waals surface area contributed by atoms with Gasteiger partial charge in [0.25, 0.3) is 10.2 Å². The number of piperidine rings is 1. The minimum atomic E-state index is -3.65. The van der Waals surface area contributed by atoms with Gasteiger partial charge in [-0.3, -0.25) is 4.90 Å². The van der Waals surface area contributed by atoms with E-state index in [1.165, 1.54) is 13.2 Å². The van der Waals surface area contributed by atoms with Crippen molar-refractivity contribution < 1.29 is 17.5 Å². The van der Waals surface area contributed by atoms with Crippen LogP contribution in [0.2, 0.25) is 0 Å². The lowest BCUT2D eigenvalue weighted by Crippen LogP contribution is -2.42. The fourth-order valence-electron chi connectivity index (χ4n) is 2.76. The Bertz CT molecular complexity index is 609. The third-order valence-electron chi connectivity index (χ3n) is 3.80. The van der Waals surface area contributed by atoms with Crippen molar-refractivity contribution in [2.75, 3.05) is 26.7 Å². The predicted octanol–water partition coefficient (Wildman–Crippen LogP) is 0.839. The molecule has 6 nitrogen and oxygen atoms in total. The number of benzene rings is 1. The van der Waals surface area contributed by atoms with E-state index < -0.39 is 10.2 Å². The molecule has 1 saturated heterocycles. The van der Waals surface area contributed by atoms with Gasteiger partial charge in [0, 0.05) is 19.6 Å². The molecule has 124 valence electrons. The minimum absolute atomic E-state index is 0.218. The average Bonchev–Trinajstić information content (AvgIpc) is 2.45. The van der Waals surface area contributed by atoms with E-state index in [2.05, 4.69) is 9.62 Å². The summed E-state index contributed by atoms with van der Waals surface area (Å²) in [4.78, 5) is 2.19. The molecule has 0 amide bonds. The van der Waals surface area contributed by atoms with E-state index >= 15 is 0 Å². The maximum absolute atomic E-state index is 13.7. The second kappa shape index (κ2) is 7.36. The van der Waals surface area contributed by atoms with Crippen molar-refractivity contribution in [2.24, 2.45) is 11.1 Å². The second-order valence-electron chi connectivity index (χ2n) is 5.61. The lowest BCUT2D eigenvalue weighted by molar-refractivity contribution is 0.168. The van der Waals surface area contributed by atoms with Crippen LogP contribution in [-0.4, -0.2) is 40.1 Å². The molecule has 2 rings (SSSR count). The Morgan fingerprint density at radius 2 is 2.27 bits per heavy atom. The topological polar surface area (TPSA) is 84.7 Å². The molecule has 1 heterocycles. The van der Waals surface area contributed by atoms with Crippen LogP contribution < -0.4 is 14.6 Å². The molecular weight excluding hydrogens is 309 g/mol. The lowest BCUT2D eigenvalue weighted by atomic mass is 9.98. The summed E-state index contributed by atoms with van der Waals surface area (Å²) in [5.74, 6) is 0.0808. The van der Waals surface area contributed by atoms with Crippen molar-refractivity contribution in [3.63, 3.8) is 0 Å².